The van der Waals surface area contributed by atoms with E-state index in [0.717, 1.165) is 0 Å². The standard InChI is InChI=1S/C11H16ClN3O/c1-11(2,3)8(13)10(16)15-7-5-4-6-14-9(7)12/h4-6,8H,13H2,1-3H3,(H,15,16). The third kappa shape index (κ3) is 3.18. The van der Waals surface area contributed by atoms with Gasteiger partial charge in [0.1, 0.15) is 0 Å². The molecule has 0 bridgehead atoms. The van der Waals surface area contributed by atoms with Crippen LogP contribution in [0.2, 0.25) is 5.15 Å². The molecule has 1 heterocycles. The highest BCUT2D eigenvalue weighted by Crippen LogP contribution is 2.21. The summed E-state index contributed by atoms with van der Waals surface area (Å²) in [6, 6.07) is 2.79. The van der Waals surface area contributed by atoms with Crippen LogP contribution in [0.15, 0.2) is 18.3 Å². The fourth-order valence-electron chi connectivity index (χ4n) is 1.08. The lowest BCUT2D eigenvalue weighted by Crippen LogP contribution is -2.45. The summed E-state index contributed by atoms with van der Waals surface area (Å²) in [7, 11) is 0. The number of nitrogens with one attached hydrogen (secondary N) is 1. The largest absolute Gasteiger partial charge is 0.322 e. The molecule has 0 radical (unpaired) electrons. The first-order valence-electron chi connectivity index (χ1n) is 4.99. The van der Waals surface area contributed by atoms with Gasteiger partial charge in [-0.3, -0.25) is 4.79 Å². The summed E-state index contributed by atoms with van der Waals surface area (Å²) in [5, 5.41) is 2.92. The van der Waals surface area contributed by atoms with Crippen LogP contribution in [0.1, 0.15) is 20.8 Å². The second kappa shape index (κ2) is 4.80. The van der Waals surface area contributed by atoms with Gasteiger partial charge in [-0.15, -0.1) is 0 Å². The average Bonchev–Trinajstić information content (AvgIpc) is 2.19. The predicted molar refractivity (Wildman–Crippen MR) is 65.3 cm³/mol. The Morgan fingerprint density at radius 3 is 2.69 bits per heavy atom. The van der Waals surface area contributed by atoms with Crippen molar-refractivity contribution in [3.05, 3.63) is 23.5 Å². The van der Waals surface area contributed by atoms with E-state index in [9.17, 15) is 4.79 Å². The van der Waals surface area contributed by atoms with Gasteiger partial charge < -0.3 is 11.1 Å². The summed E-state index contributed by atoms with van der Waals surface area (Å²) < 4.78 is 0. The third-order valence-corrected chi connectivity index (χ3v) is 2.53. The molecule has 1 rings (SSSR count). The normalized spacial score (nSPS) is 13.3. The fraction of sp³-hybridized carbons (Fsp3) is 0.455. The van der Waals surface area contributed by atoms with Crippen molar-refractivity contribution in [1.82, 2.24) is 4.98 Å². The zero-order valence-corrected chi connectivity index (χ0v) is 10.4. The lowest BCUT2D eigenvalue weighted by Gasteiger charge is -2.25. The van der Waals surface area contributed by atoms with E-state index in [-0.39, 0.29) is 16.5 Å². The van der Waals surface area contributed by atoms with Gasteiger partial charge in [0.25, 0.3) is 0 Å². The van der Waals surface area contributed by atoms with Gasteiger partial charge in [0.05, 0.1) is 11.7 Å². The number of amides is 1. The number of anilines is 1. The summed E-state index contributed by atoms with van der Waals surface area (Å²) in [5.41, 5.74) is 6.00. The van der Waals surface area contributed by atoms with Gasteiger partial charge in [-0.05, 0) is 17.5 Å². The SMILES string of the molecule is CC(C)(C)C(N)C(=O)Nc1cccnc1Cl. The Morgan fingerprint density at radius 2 is 2.19 bits per heavy atom. The van der Waals surface area contributed by atoms with E-state index in [1.54, 1.807) is 18.3 Å². The molecule has 5 heteroatoms. The number of carbonyl (C=O) groups excluding carboxylic acids is 1. The van der Waals surface area contributed by atoms with E-state index < -0.39 is 6.04 Å². The van der Waals surface area contributed by atoms with Crippen LogP contribution < -0.4 is 11.1 Å². The molecule has 4 nitrogen and oxygen atoms in total. The molecule has 1 aromatic rings. The van der Waals surface area contributed by atoms with E-state index in [2.05, 4.69) is 10.3 Å². The maximum atomic E-state index is 11.8. The van der Waals surface area contributed by atoms with Crippen LogP contribution >= 0.6 is 11.6 Å². The molecule has 3 N–H and O–H groups in total. The zero-order valence-electron chi connectivity index (χ0n) is 9.62. The van der Waals surface area contributed by atoms with Crippen molar-refractivity contribution in [3.63, 3.8) is 0 Å². The first-order valence-corrected chi connectivity index (χ1v) is 5.37. The molecular formula is C11H16ClN3O. The summed E-state index contributed by atoms with van der Waals surface area (Å²) in [6.07, 6.45) is 1.56. The molecule has 0 spiro atoms. The van der Waals surface area contributed by atoms with Gasteiger partial charge in [0, 0.05) is 6.20 Å². The van der Waals surface area contributed by atoms with Crippen molar-refractivity contribution in [3.8, 4) is 0 Å². The van der Waals surface area contributed by atoms with Crippen LogP contribution in [-0.2, 0) is 4.79 Å². The maximum absolute atomic E-state index is 11.8. The Bertz CT molecular complexity index is 387. The lowest BCUT2D eigenvalue weighted by atomic mass is 9.87. The van der Waals surface area contributed by atoms with Crippen molar-refractivity contribution in [2.45, 2.75) is 26.8 Å². The summed E-state index contributed by atoms with van der Waals surface area (Å²) in [6.45, 7) is 5.71. The fourth-order valence-corrected chi connectivity index (χ4v) is 1.25. The first kappa shape index (κ1) is 12.9. The van der Waals surface area contributed by atoms with Crippen LogP contribution in [0, 0.1) is 5.41 Å². The molecule has 88 valence electrons. The van der Waals surface area contributed by atoms with E-state index in [1.165, 1.54) is 0 Å². The first-order chi connectivity index (χ1) is 7.32. The molecule has 0 saturated carbocycles. The lowest BCUT2D eigenvalue weighted by molar-refractivity contribution is -0.119. The number of halogens is 1. The van der Waals surface area contributed by atoms with E-state index >= 15 is 0 Å². The Morgan fingerprint density at radius 1 is 1.56 bits per heavy atom. The van der Waals surface area contributed by atoms with E-state index in [1.807, 2.05) is 20.8 Å². The van der Waals surface area contributed by atoms with Crippen LogP contribution in [0.5, 0.6) is 0 Å². The smallest absolute Gasteiger partial charge is 0.241 e. The Hall–Kier alpha value is -1.13. The molecule has 0 aromatic carbocycles. The summed E-state index contributed by atoms with van der Waals surface area (Å²) >= 11 is 5.82. The molecule has 0 aliphatic heterocycles. The van der Waals surface area contributed by atoms with E-state index in [0.29, 0.717) is 5.69 Å². The molecule has 1 aromatic heterocycles. The molecule has 16 heavy (non-hydrogen) atoms. The minimum Gasteiger partial charge on any atom is -0.322 e. The van der Waals surface area contributed by atoms with Crippen molar-refractivity contribution in [2.24, 2.45) is 11.1 Å². The van der Waals surface area contributed by atoms with Crippen LogP contribution in [0.4, 0.5) is 5.69 Å². The molecule has 0 aliphatic carbocycles. The summed E-state index contributed by atoms with van der Waals surface area (Å²) in [4.78, 5) is 15.7. The topological polar surface area (TPSA) is 68.0 Å². The van der Waals surface area contributed by atoms with Crippen molar-refractivity contribution in [1.29, 1.82) is 0 Å². The Labute approximate surface area is 100 Å². The third-order valence-electron chi connectivity index (χ3n) is 2.23. The summed E-state index contributed by atoms with van der Waals surface area (Å²) in [5.74, 6) is -0.262. The molecular weight excluding hydrogens is 226 g/mol. The van der Waals surface area contributed by atoms with Crippen molar-refractivity contribution < 1.29 is 4.79 Å². The number of pyridine rings is 1. The number of carbonyl (C=O) groups is 1. The molecule has 1 amide bonds. The highest BCUT2D eigenvalue weighted by Gasteiger charge is 2.27. The van der Waals surface area contributed by atoms with Gasteiger partial charge in [-0.25, -0.2) is 4.98 Å². The highest BCUT2D eigenvalue weighted by atomic mass is 35.5. The Balaban J connectivity index is 2.76. The van der Waals surface area contributed by atoms with Gasteiger partial charge in [0.2, 0.25) is 5.91 Å². The molecule has 0 aliphatic rings. The number of hydrogen-bond acceptors (Lipinski definition) is 3. The zero-order chi connectivity index (χ0) is 12.3. The minimum atomic E-state index is -0.594. The van der Waals surface area contributed by atoms with Crippen LogP contribution in [0.3, 0.4) is 0 Å². The number of rotatable bonds is 2. The molecule has 1 unspecified atom stereocenters. The van der Waals surface area contributed by atoms with Crippen LogP contribution in [-0.4, -0.2) is 16.9 Å². The van der Waals surface area contributed by atoms with Gasteiger partial charge in [-0.1, -0.05) is 32.4 Å². The van der Waals surface area contributed by atoms with Gasteiger partial charge in [0.15, 0.2) is 5.15 Å². The maximum Gasteiger partial charge on any atom is 0.241 e. The number of hydrogen-bond donors (Lipinski definition) is 2. The monoisotopic (exact) mass is 241 g/mol. The predicted octanol–water partition coefficient (Wildman–Crippen LogP) is 2.05. The quantitative estimate of drug-likeness (QED) is 0.779. The second-order valence-corrected chi connectivity index (χ2v) is 5.03. The van der Waals surface area contributed by atoms with Gasteiger partial charge >= 0.3 is 0 Å². The minimum absolute atomic E-state index is 0.261. The number of aromatic nitrogens is 1. The average molecular weight is 242 g/mol. The molecule has 0 fully saturated rings. The Kier molecular flexibility index (Phi) is 3.88. The van der Waals surface area contributed by atoms with E-state index in [4.69, 9.17) is 17.3 Å². The highest BCUT2D eigenvalue weighted by molar-refractivity contribution is 6.32. The number of nitrogens with two attached hydrogens (primary N) is 1. The van der Waals surface area contributed by atoms with Crippen LogP contribution in [0.25, 0.3) is 0 Å². The molecule has 1 atom stereocenters. The van der Waals surface area contributed by atoms with Gasteiger partial charge in [-0.2, -0.15) is 0 Å². The van der Waals surface area contributed by atoms with Crippen molar-refractivity contribution >= 4 is 23.2 Å². The second-order valence-electron chi connectivity index (χ2n) is 4.67. The molecule has 0 saturated heterocycles. The number of nitrogens with zero attached hydrogens (tertiary/aromatic N) is 1. The van der Waals surface area contributed by atoms with Crippen molar-refractivity contribution in [2.75, 3.05) is 5.32 Å².